The Morgan fingerprint density at radius 3 is 1.92 bits per heavy atom. The first-order chi connectivity index (χ1) is 5.82. The average molecular weight is 227 g/mol. The highest BCUT2D eigenvalue weighted by Gasteiger charge is 2.21. The van der Waals surface area contributed by atoms with E-state index >= 15 is 0 Å². The second kappa shape index (κ2) is 3.23. The summed E-state index contributed by atoms with van der Waals surface area (Å²) < 4.78 is 47.1. The molecule has 0 fully saturated rings. The lowest BCUT2D eigenvalue weighted by Gasteiger charge is -2.01. The van der Waals surface area contributed by atoms with Crippen LogP contribution in [0, 0.1) is 18.6 Å². The van der Waals surface area contributed by atoms with E-state index in [4.69, 9.17) is 10.7 Å². The second-order valence-electron chi connectivity index (χ2n) is 2.50. The van der Waals surface area contributed by atoms with Gasteiger partial charge in [-0.3, -0.25) is 0 Å². The maximum Gasteiger partial charge on any atom is 0.267 e. The topological polar surface area (TPSA) is 34.1 Å². The lowest BCUT2D eigenvalue weighted by atomic mass is 10.2. The standard InChI is InChI=1S/C7H5ClF2O2S/c1-4-2-5(9)7(6(10)3-4)13(8,11)12/h2-3H,1H3. The van der Waals surface area contributed by atoms with Gasteiger partial charge in [0.25, 0.3) is 9.05 Å². The van der Waals surface area contributed by atoms with Crippen molar-refractivity contribution in [2.75, 3.05) is 0 Å². The molecule has 0 radical (unpaired) electrons. The first kappa shape index (κ1) is 10.4. The van der Waals surface area contributed by atoms with E-state index in [1.54, 1.807) is 0 Å². The molecule has 1 aromatic rings. The molecule has 0 spiro atoms. The SMILES string of the molecule is Cc1cc(F)c(S(=O)(=O)Cl)c(F)c1. The number of aryl methyl sites for hydroxylation is 1. The van der Waals surface area contributed by atoms with Gasteiger partial charge in [-0.05, 0) is 24.6 Å². The van der Waals surface area contributed by atoms with Gasteiger partial charge in [-0.1, -0.05) is 0 Å². The van der Waals surface area contributed by atoms with Crippen LogP contribution >= 0.6 is 10.7 Å². The summed E-state index contributed by atoms with van der Waals surface area (Å²) >= 11 is 0. The molecule has 0 aliphatic carbocycles. The van der Waals surface area contributed by atoms with Crippen LogP contribution in [0.1, 0.15) is 5.56 Å². The molecular formula is C7H5ClF2O2S. The molecule has 0 aromatic heterocycles. The van der Waals surface area contributed by atoms with Gasteiger partial charge < -0.3 is 0 Å². The molecular weight excluding hydrogens is 222 g/mol. The Labute approximate surface area is 78.6 Å². The van der Waals surface area contributed by atoms with Gasteiger partial charge in [-0.15, -0.1) is 0 Å². The average Bonchev–Trinajstić information content (AvgIpc) is 1.78. The van der Waals surface area contributed by atoms with Gasteiger partial charge in [0.05, 0.1) is 0 Å². The highest BCUT2D eigenvalue weighted by atomic mass is 35.7. The quantitative estimate of drug-likeness (QED) is 0.688. The molecule has 0 atom stereocenters. The van der Waals surface area contributed by atoms with E-state index in [1.807, 2.05) is 0 Å². The van der Waals surface area contributed by atoms with Crippen LogP contribution in [0.3, 0.4) is 0 Å². The molecule has 72 valence electrons. The first-order valence-electron chi connectivity index (χ1n) is 3.22. The minimum absolute atomic E-state index is 0.291. The number of halogens is 3. The zero-order chi connectivity index (χ0) is 10.2. The molecule has 0 unspecified atom stereocenters. The smallest absolute Gasteiger partial charge is 0.207 e. The minimum atomic E-state index is -4.36. The van der Waals surface area contributed by atoms with Gasteiger partial charge in [0.1, 0.15) is 11.6 Å². The summed E-state index contributed by atoms with van der Waals surface area (Å²) in [7, 11) is 0.455. The van der Waals surface area contributed by atoms with E-state index in [1.165, 1.54) is 6.92 Å². The van der Waals surface area contributed by atoms with Crippen molar-refractivity contribution < 1.29 is 17.2 Å². The van der Waals surface area contributed by atoms with Crippen molar-refractivity contribution in [3.63, 3.8) is 0 Å². The molecule has 0 saturated heterocycles. The molecule has 2 nitrogen and oxygen atoms in total. The number of benzene rings is 1. The highest BCUT2D eigenvalue weighted by Crippen LogP contribution is 2.23. The summed E-state index contributed by atoms with van der Waals surface area (Å²) in [5.41, 5.74) is 0.291. The summed E-state index contributed by atoms with van der Waals surface area (Å²) in [5.74, 6) is -2.35. The van der Waals surface area contributed by atoms with Crippen molar-refractivity contribution in [1.82, 2.24) is 0 Å². The third kappa shape index (κ3) is 2.16. The van der Waals surface area contributed by atoms with Crippen molar-refractivity contribution in [1.29, 1.82) is 0 Å². The van der Waals surface area contributed by atoms with Gasteiger partial charge in [0.15, 0.2) is 4.90 Å². The van der Waals surface area contributed by atoms with Crippen molar-refractivity contribution >= 4 is 19.7 Å². The van der Waals surface area contributed by atoms with Crippen molar-refractivity contribution in [2.24, 2.45) is 0 Å². The molecule has 0 amide bonds. The summed E-state index contributed by atoms with van der Waals surface area (Å²) in [5, 5.41) is 0. The lowest BCUT2D eigenvalue weighted by molar-refractivity contribution is 0.522. The predicted molar refractivity (Wildman–Crippen MR) is 44.1 cm³/mol. The third-order valence-electron chi connectivity index (χ3n) is 1.39. The molecule has 0 saturated carbocycles. The second-order valence-corrected chi connectivity index (χ2v) is 5.00. The zero-order valence-corrected chi connectivity index (χ0v) is 8.09. The third-order valence-corrected chi connectivity index (χ3v) is 2.73. The van der Waals surface area contributed by atoms with Gasteiger partial charge in [0, 0.05) is 10.7 Å². The van der Waals surface area contributed by atoms with Gasteiger partial charge in [0.2, 0.25) is 0 Å². The summed E-state index contributed by atoms with van der Waals surface area (Å²) in [4.78, 5) is -1.10. The zero-order valence-electron chi connectivity index (χ0n) is 6.51. The normalized spacial score (nSPS) is 11.7. The Bertz CT molecular complexity index is 419. The van der Waals surface area contributed by atoms with Crippen molar-refractivity contribution in [3.05, 3.63) is 29.3 Å². The Kier molecular flexibility index (Phi) is 2.58. The number of rotatable bonds is 1. The van der Waals surface area contributed by atoms with Crippen LogP contribution in [0.25, 0.3) is 0 Å². The van der Waals surface area contributed by atoms with E-state index in [0.29, 0.717) is 5.56 Å². The molecule has 0 bridgehead atoms. The van der Waals surface area contributed by atoms with Crippen molar-refractivity contribution in [2.45, 2.75) is 11.8 Å². The summed E-state index contributed by atoms with van der Waals surface area (Å²) in [6, 6.07) is 1.80. The fraction of sp³-hybridized carbons (Fsp3) is 0.143. The Balaban J connectivity index is 3.57. The largest absolute Gasteiger partial charge is 0.267 e. The monoisotopic (exact) mass is 226 g/mol. The van der Waals surface area contributed by atoms with E-state index < -0.39 is 25.6 Å². The lowest BCUT2D eigenvalue weighted by Crippen LogP contribution is -2.00. The van der Waals surface area contributed by atoms with Gasteiger partial charge in [-0.2, -0.15) is 0 Å². The molecule has 1 aromatic carbocycles. The summed E-state index contributed by atoms with van der Waals surface area (Å²) in [6.45, 7) is 1.44. The highest BCUT2D eigenvalue weighted by molar-refractivity contribution is 8.13. The molecule has 13 heavy (non-hydrogen) atoms. The van der Waals surface area contributed by atoms with Crippen molar-refractivity contribution in [3.8, 4) is 0 Å². The number of hydrogen-bond acceptors (Lipinski definition) is 2. The molecule has 1 rings (SSSR count). The maximum atomic E-state index is 12.9. The molecule has 0 N–H and O–H groups in total. The molecule has 0 heterocycles. The fourth-order valence-corrected chi connectivity index (χ4v) is 1.95. The van der Waals surface area contributed by atoms with Crippen LogP contribution < -0.4 is 0 Å². The van der Waals surface area contributed by atoms with Crippen LogP contribution in [-0.4, -0.2) is 8.42 Å². The number of hydrogen-bond donors (Lipinski definition) is 0. The van der Waals surface area contributed by atoms with Crippen LogP contribution in [0.2, 0.25) is 0 Å². The van der Waals surface area contributed by atoms with E-state index in [-0.39, 0.29) is 0 Å². The summed E-state index contributed by atoms with van der Waals surface area (Å²) in [6.07, 6.45) is 0. The Morgan fingerprint density at radius 2 is 1.62 bits per heavy atom. The van der Waals surface area contributed by atoms with E-state index in [0.717, 1.165) is 12.1 Å². The van der Waals surface area contributed by atoms with Crippen LogP contribution in [0.15, 0.2) is 17.0 Å². The van der Waals surface area contributed by atoms with Gasteiger partial charge >= 0.3 is 0 Å². The van der Waals surface area contributed by atoms with E-state index in [2.05, 4.69) is 0 Å². The minimum Gasteiger partial charge on any atom is -0.207 e. The van der Waals surface area contributed by atoms with Crippen LogP contribution in [0.5, 0.6) is 0 Å². The predicted octanol–water partition coefficient (Wildman–Crippen LogP) is 2.20. The fourth-order valence-electron chi connectivity index (χ4n) is 0.920. The van der Waals surface area contributed by atoms with Crippen LogP contribution in [0.4, 0.5) is 8.78 Å². The maximum absolute atomic E-state index is 12.9. The first-order valence-corrected chi connectivity index (χ1v) is 5.53. The van der Waals surface area contributed by atoms with E-state index in [9.17, 15) is 17.2 Å². The molecule has 0 aliphatic rings. The Morgan fingerprint density at radius 1 is 1.23 bits per heavy atom. The molecule has 6 heteroatoms. The van der Waals surface area contributed by atoms with Gasteiger partial charge in [-0.25, -0.2) is 17.2 Å². The Hall–Kier alpha value is -0.680. The molecule has 0 aliphatic heterocycles. The van der Waals surface area contributed by atoms with Crippen LogP contribution in [-0.2, 0) is 9.05 Å².